The number of nitrogens with one attached hydrogen (secondary N) is 1. The topological polar surface area (TPSA) is 49.4 Å². The SMILES string of the molecule is C[C@@]1(c2cc(F)ccc2F)NC(=O)N(Cc2cccc(F)c2)C1=O. The number of benzene rings is 2. The Morgan fingerprint density at radius 2 is 1.75 bits per heavy atom. The standard InChI is InChI=1S/C17H13F3N2O2/c1-17(13-8-12(19)5-6-14(13)20)15(23)22(16(24)21-17)9-10-3-2-4-11(18)7-10/h2-8H,9H2,1H3,(H,21,24)/t17-/m0/s1. The average molecular weight is 334 g/mol. The van der Waals surface area contributed by atoms with Gasteiger partial charge in [-0.15, -0.1) is 0 Å². The zero-order valence-corrected chi connectivity index (χ0v) is 12.6. The quantitative estimate of drug-likeness (QED) is 0.877. The molecule has 4 nitrogen and oxygen atoms in total. The summed E-state index contributed by atoms with van der Waals surface area (Å²) in [4.78, 5) is 25.6. The van der Waals surface area contributed by atoms with Crippen molar-refractivity contribution in [3.05, 3.63) is 71.0 Å². The van der Waals surface area contributed by atoms with Crippen LogP contribution in [0, 0.1) is 17.5 Å². The molecule has 1 aliphatic rings. The molecule has 0 aromatic heterocycles. The van der Waals surface area contributed by atoms with Gasteiger partial charge >= 0.3 is 6.03 Å². The minimum Gasteiger partial charge on any atom is -0.319 e. The maximum absolute atomic E-state index is 14.0. The molecule has 0 unspecified atom stereocenters. The number of imide groups is 1. The van der Waals surface area contributed by atoms with Crippen LogP contribution < -0.4 is 5.32 Å². The molecule has 2 aromatic carbocycles. The van der Waals surface area contributed by atoms with E-state index in [2.05, 4.69) is 5.32 Å². The van der Waals surface area contributed by atoms with Crippen molar-refractivity contribution in [2.24, 2.45) is 0 Å². The van der Waals surface area contributed by atoms with Crippen LogP contribution in [0.5, 0.6) is 0 Å². The van der Waals surface area contributed by atoms with Gasteiger partial charge in [-0.25, -0.2) is 18.0 Å². The van der Waals surface area contributed by atoms with E-state index in [4.69, 9.17) is 0 Å². The van der Waals surface area contributed by atoms with E-state index in [1.165, 1.54) is 25.1 Å². The van der Waals surface area contributed by atoms with Crippen LogP contribution in [0.2, 0.25) is 0 Å². The molecule has 0 saturated carbocycles. The van der Waals surface area contributed by atoms with E-state index in [0.29, 0.717) is 5.56 Å². The number of nitrogens with zero attached hydrogens (tertiary/aromatic N) is 1. The van der Waals surface area contributed by atoms with Gasteiger partial charge in [-0.1, -0.05) is 12.1 Å². The molecule has 1 atom stereocenters. The molecule has 0 aliphatic carbocycles. The summed E-state index contributed by atoms with van der Waals surface area (Å²) in [6.07, 6.45) is 0. The van der Waals surface area contributed by atoms with Crippen molar-refractivity contribution in [3.63, 3.8) is 0 Å². The second-order valence-electron chi connectivity index (χ2n) is 5.70. The smallest absolute Gasteiger partial charge is 0.319 e. The maximum atomic E-state index is 14.0. The third-order valence-corrected chi connectivity index (χ3v) is 3.97. The number of rotatable bonds is 3. The van der Waals surface area contributed by atoms with Gasteiger partial charge in [-0.05, 0) is 42.8 Å². The van der Waals surface area contributed by atoms with Gasteiger partial charge in [0.15, 0.2) is 0 Å². The lowest BCUT2D eigenvalue weighted by Gasteiger charge is -2.22. The zero-order chi connectivity index (χ0) is 17.5. The van der Waals surface area contributed by atoms with Crippen molar-refractivity contribution in [2.45, 2.75) is 19.0 Å². The zero-order valence-electron chi connectivity index (χ0n) is 12.6. The van der Waals surface area contributed by atoms with Crippen molar-refractivity contribution in [3.8, 4) is 0 Å². The van der Waals surface area contributed by atoms with Gasteiger partial charge in [0.1, 0.15) is 23.0 Å². The fourth-order valence-electron chi connectivity index (χ4n) is 2.72. The Kier molecular flexibility index (Phi) is 3.79. The molecule has 0 spiro atoms. The highest BCUT2D eigenvalue weighted by Gasteiger charge is 2.50. The predicted octanol–water partition coefficient (Wildman–Crippen LogP) is 3.07. The lowest BCUT2D eigenvalue weighted by Crippen LogP contribution is -2.41. The van der Waals surface area contributed by atoms with Crippen LogP contribution in [-0.2, 0) is 16.9 Å². The number of halogens is 3. The molecule has 0 radical (unpaired) electrons. The maximum Gasteiger partial charge on any atom is 0.325 e. The lowest BCUT2D eigenvalue weighted by molar-refractivity contribution is -0.131. The van der Waals surface area contributed by atoms with Gasteiger partial charge in [0.05, 0.1) is 6.54 Å². The van der Waals surface area contributed by atoms with Crippen LogP contribution in [0.1, 0.15) is 18.1 Å². The van der Waals surface area contributed by atoms with Gasteiger partial charge in [-0.2, -0.15) is 0 Å². The van der Waals surface area contributed by atoms with E-state index in [-0.39, 0.29) is 12.1 Å². The second-order valence-corrected chi connectivity index (χ2v) is 5.70. The number of urea groups is 1. The molecule has 2 aromatic rings. The highest BCUT2D eigenvalue weighted by atomic mass is 19.1. The Labute approximate surface area is 135 Å². The summed E-state index contributed by atoms with van der Waals surface area (Å²) >= 11 is 0. The van der Waals surface area contributed by atoms with E-state index in [1.54, 1.807) is 6.07 Å². The van der Waals surface area contributed by atoms with Crippen LogP contribution in [0.3, 0.4) is 0 Å². The third-order valence-electron chi connectivity index (χ3n) is 3.97. The van der Waals surface area contributed by atoms with Crippen LogP contribution in [0.4, 0.5) is 18.0 Å². The molecule has 1 N–H and O–H groups in total. The van der Waals surface area contributed by atoms with Gasteiger partial charge in [0, 0.05) is 5.56 Å². The molecule has 124 valence electrons. The van der Waals surface area contributed by atoms with Crippen LogP contribution in [-0.4, -0.2) is 16.8 Å². The molecule has 1 heterocycles. The first kappa shape index (κ1) is 16.0. The monoisotopic (exact) mass is 334 g/mol. The van der Waals surface area contributed by atoms with Crippen LogP contribution in [0.25, 0.3) is 0 Å². The lowest BCUT2D eigenvalue weighted by atomic mass is 9.91. The number of carbonyl (C=O) groups is 2. The van der Waals surface area contributed by atoms with Crippen LogP contribution in [0.15, 0.2) is 42.5 Å². The molecular weight excluding hydrogens is 321 g/mol. The Bertz CT molecular complexity index is 840. The summed E-state index contributed by atoms with van der Waals surface area (Å²) in [6, 6.07) is 7.38. The molecule has 1 aliphatic heterocycles. The Morgan fingerprint density at radius 3 is 2.46 bits per heavy atom. The normalized spacial score (nSPS) is 20.4. The largest absolute Gasteiger partial charge is 0.325 e. The van der Waals surface area contributed by atoms with Crippen molar-refractivity contribution in [2.75, 3.05) is 0 Å². The second kappa shape index (κ2) is 5.67. The van der Waals surface area contributed by atoms with Gasteiger partial charge < -0.3 is 5.32 Å². The number of carbonyl (C=O) groups excluding carboxylic acids is 2. The minimum atomic E-state index is -1.73. The Balaban J connectivity index is 1.95. The fourth-order valence-corrected chi connectivity index (χ4v) is 2.72. The molecule has 1 fully saturated rings. The first-order valence-electron chi connectivity index (χ1n) is 7.15. The van der Waals surface area contributed by atoms with E-state index >= 15 is 0 Å². The van der Waals surface area contributed by atoms with E-state index in [1.807, 2.05) is 0 Å². The van der Waals surface area contributed by atoms with Gasteiger partial charge in [-0.3, -0.25) is 9.69 Å². The highest BCUT2D eigenvalue weighted by Crippen LogP contribution is 2.32. The summed E-state index contributed by atoms with van der Waals surface area (Å²) in [5, 5.41) is 2.39. The van der Waals surface area contributed by atoms with Crippen molar-refractivity contribution in [1.82, 2.24) is 10.2 Å². The van der Waals surface area contributed by atoms with Gasteiger partial charge in [0.2, 0.25) is 0 Å². The fraction of sp³-hybridized carbons (Fsp3) is 0.176. The molecule has 3 amide bonds. The van der Waals surface area contributed by atoms with Crippen molar-refractivity contribution < 1.29 is 22.8 Å². The van der Waals surface area contributed by atoms with Crippen LogP contribution >= 0.6 is 0 Å². The number of hydrogen-bond acceptors (Lipinski definition) is 2. The summed E-state index contributed by atoms with van der Waals surface area (Å²) in [6.45, 7) is 1.13. The van der Waals surface area contributed by atoms with E-state index < -0.39 is 34.9 Å². The average Bonchev–Trinajstić information content (AvgIpc) is 2.74. The minimum absolute atomic E-state index is 0.172. The third kappa shape index (κ3) is 2.62. The number of hydrogen-bond donors (Lipinski definition) is 1. The molecule has 1 saturated heterocycles. The summed E-state index contributed by atoms with van der Waals surface area (Å²) < 4.78 is 40.7. The molecule has 24 heavy (non-hydrogen) atoms. The first-order chi connectivity index (χ1) is 11.3. The number of amides is 3. The van der Waals surface area contributed by atoms with Crippen molar-refractivity contribution in [1.29, 1.82) is 0 Å². The molecule has 0 bridgehead atoms. The first-order valence-corrected chi connectivity index (χ1v) is 7.15. The van der Waals surface area contributed by atoms with Crippen molar-refractivity contribution >= 4 is 11.9 Å². The predicted molar refractivity (Wildman–Crippen MR) is 79.2 cm³/mol. The Hall–Kier alpha value is -2.83. The molecule has 7 heteroatoms. The van der Waals surface area contributed by atoms with Gasteiger partial charge in [0.25, 0.3) is 5.91 Å². The summed E-state index contributed by atoms with van der Waals surface area (Å²) in [7, 11) is 0. The van der Waals surface area contributed by atoms with E-state index in [9.17, 15) is 22.8 Å². The highest BCUT2D eigenvalue weighted by molar-refractivity contribution is 6.07. The van der Waals surface area contributed by atoms with E-state index in [0.717, 1.165) is 23.1 Å². The molecular formula is C17H13F3N2O2. The molecule has 3 rings (SSSR count). The summed E-state index contributed by atoms with van der Waals surface area (Å²) in [5.74, 6) is -2.77. The summed E-state index contributed by atoms with van der Waals surface area (Å²) in [5.41, 5.74) is -1.58. The Morgan fingerprint density at radius 1 is 1.04 bits per heavy atom.